The van der Waals surface area contributed by atoms with Gasteiger partial charge in [0.15, 0.2) is 11.5 Å². The summed E-state index contributed by atoms with van der Waals surface area (Å²) in [6.07, 6.45) is 2.17. The number of hydrogen-bond acceptors (Lipinski definition) is 4. The molecule has 0 saturated carbocycles. The highest BCUT2D eigenvalue weighted by Gasteiger charge is 2.10. The molecule has 0 spiro atoms. The van der Waals surface area contributed by atoms with Gasteiger partial charge < -0.3 is 19.7 Å². The highest BCUT2D eigenvalue weighted by Crippen LogP contribution is 2.23. The zero-order valence-corrected chi connectivity index (χ0v) is 13.9. The second-order valence-electron chi connectivity index (χ2n) is 5.65. The second-order valence-corrected chi connectivity index (χ2v) is 5.65. The molecule has 1 heterocycles. The van der Waals surface area contributed by atoms with Crippen molar-refractivity contribution in [2.75, 3.05) is 25.0 Å². The fourth-order valence-electron chi connectivity index (χ4n) is 2.35. The molecule has 0 atom stereocenters. The molecule has 2 N–H and O–H groups in total. The monoisotopic (exact) mass is 335 g/mol. The SMILES string of the molecule is CCCCc1nc2ccc(N(C)CC(=CF)CNC(=O)O)cc2o1. The molecule has 2 aromatic rings. The van der Waals surface area contributed by atoms with Crippen molar-refractivity contribution in [2.45, 2.75) is 26.2 Å². The third kappa shape index (κ3) is 4.71. The summed E-state index contributed by atoms with van der Waals surface area (Å²) >= 11 is 0. The van der Waals surface area contributed by atoms with Crippen molar-refractivity contribution in [3.63, 3.8) is 0 Å². The average molecular weight is 335 g/mol. The van der Waals surface area contributed by atoms with Gasteiger partial charge in [-0.1, -0.05) is 13.3 Å². The van der Waals surface area contributed by atoms with Crippen molar-refractivity contribution in [1.29, 1.82) is 0 Å². The quantitative estimate of drug-likeness (QED) is 0.768. The number of likely N-dealkylation sites (N-methyl/N-ethyl adjacent to an activating group) is 1. The number of halogens is 1. The Morgan fingerprint density at radius 2 is 2.29 bits per heavy atom. The summed E-state index contributed by atoms with van der Waals surface area (Å²) in [5.74, 6) is 0.724. The van der Waals surface area contributed by atoms with Crippen LogP contribution in [0, 0.1) is 0 Å². The van der Waals surface area contributed by atoms with Crippen molar-refractivity contribution in [3.05, 3.63) is 36.0 Å². The van der Waals surface area contributed by atoms with Gasteiger partial charge in [-0.2, -0.15) is 0 Å². The smallest absolute Gasteiger partial charge is 0.404 e. The number of carboxylic acid groups (broad SMARTS) is 1. The van der Waals surface area contributed by atoms with Gasteiger partial charge in [0.05, 0.1) is 6.33 Å². The summed E-state index contributed by atoms with van der Waals surface area (Å²) in [4.78, 5) is 16.8. The Morgan fingerprint density at radius 1 is 1.50 bits per heavy atom. The van der Waals surface area contributed by atoms with Crippen molar-refractivity contribution in [3.8, 4) is 0 Å². The Bertz CT molecular complexity index is 727. The van der Waals surface area contributed by atoms with Gasteiger partial charge in [-0.3, -0.25) is 0 Å². The zero-order chi connectivity index (χ0) is 17.5. The molecule has 2 rings (SSSR count). The van der Waals surface area contributed by atoms with Crippen molar-refractivity contribution in [2.24, 2.45) is 0 Å². The number of nitrogens with one attached hydrogen (secondary N) is 1. The summed E-state index contributed by atoms with van der Waals surface area (Å²) in [5, 5.41) is 10.8. The molecule has 0 unspecified atom stereocenters. The number of oxazole rings is 1. The lowest BCUT2D eigenvalue weighted by Crippen LogP contribution is -2.29. The zero-order valence-electron chi connectivity index (χ0n) is 13.9. The highest BCUT2D eigenvalue weighted by atomic mass is 19.1. The van der Waals surface area contributed by atoms with Crippen LogP contribution < -0.4 is 10.2 Å². The molecular weight excluding hydrogens is 313 g/mol. The van der Waals surface area contributed by atoms with Gasteiger partial charge in [-0.25, -0.2) is 14.2 Å². The van der Waals surface area contributed by atoms with E-state index >= 15 is 0 Å². The predicted octanol–water partition coefficient (Wildman–Crippen LogP) is 3.73. The van der Waals surface area contributed by atoms with Gasteiger partial charge in [0.2, 0.25) is 0 Å². The number of unbranched alkanes of at least 4 members (excludes halogenated alkanes) is 1. The van der Waals surface area contributed by atoms with E-state index in [1.54, 1.807) is 7.05 Å². The normalized spacial score (nSPS) is 11.7. The first-order valence-corrected chi connectivity index (χ1v) is 7.89. The second kappa shape index (κ2) is 8.33. The highest BCUT2D eigenvalue weighted by molar-refractivity contribution is 5.77. The number of amides is 1. The Kier molecular flexibility index (Phi) is 6.17. The lowest BCUT2D eigenvalue weighted by molar-refractivity contribution is 0.195. The minimum Gasteiger partial charge on any atom is -0.465 e. The molecule has 6 nitrogen and oxygen atoms in total. The fourth-order valence-corrected chi connectivity index (χ4v) is 2.35. The van der Waals surface area contributed by atoms with Crippen LogP contribution in [0.4, 0.5) is 14.9 Å². The number of fused-ring (bicyclic) bond motifs is 1. The first-order chi connectivity index (χ1) is 11.5. The van der Waals surface area contributed by atoms with Gasteiger partial charge in [-0.05, 0) is 24.1 Å². The molecule has 0 bridgehead atoms. The number of aromatic nitrogens is 1. The number of nitrogens with zero attached hydrogens (tertiary/aromatic N) is 2. The predicted molar refractivity (Wildman–Crippen MR) is 91.1 cm³/mol. The molecule has 0 aliphatic rings. The maximum atomic E-state index is 12.9. The molecule has 0 saturated heterocycles. The Labute approximate surface area is 140 Å². The van der Waals surface area contributed by atoms with Crippen molar-refractivity contribution in [1.82, 2.24) is 10.3 Å². The molecule has 1 amide bonds. The maximum Gasteiger partial charge on any atom is 0.404 e. The van der Waals surface area contributed by atoms with Gasteiger partial charge in [0.25, 0.3) is 0 Å². The van der Waals surface area contributed by atoms with Crippen LogP contribution in [0.3, 0.4) is 0 Å². The van der Waals surface area contributed by atoms with Crippen LogP contribution in [0.2, 0.25) is 0 Å². The molecule has 0 fully saturated rings. The van der Waals surface area contributed by atoms with Crippen LogP contribution in [0.1, 0.15) is 25.7 Å². The van der Waals surface area contributed by atoms with E-state index in [2.05, 4.69) is 17.2 Å². The van der Waals surface area contributed by atoms with E-state index in [0.717, 1.165) is 36.4 Å². The number of hydrogen-bond donors (Lipinski definition) is 2. The topological polar surface area (TPSA) is 78.6 Å². The molecule has 0 radical (unpaired) electrons. The van der Waals surface area contributed by atoms with Crippen molar-refractivity contribution >= 4 is 22.9 Å². The molecule has 7 heteroatoms. The van der Waals surface area contributed by atoms with Gasteiger partial charge in [0.1, 0.15) is 5.52 Å². The van der Waals surface area contributed by atoms with E-state index in [9.17, 15) is 9.18 Å². The molecular formula is C17H22FN3O3. The van der Waals surface area contributed by atoms with Crippen LogP contribution in [-0.4, -0.2) is 36.3 Å². The van der Waals surface area contributed by atoms with Gasteiger partial charge in [-0.15, -0.1) is 0 Å². The van der Waals surface area contributed by atoms with Crippen LogP contribution in [0.5, 0.6) is 0 Å². The van der Waals surface area contributed by atoms with E-state index in [1.165, 1.54) is 0 Å². The third-order valence-electron chi connectivity index (χ3n) is 3.66. The first kappa shape index (κ1) is 17.8. The Morgan fingerprint density at radius 3 is 2.96 bits per heavy atom. The van der Waals surface area contributed by atoms with Crippen LogP contribution in [-0.2, 0) is 6.42 Å². The Hall–Kier alpha value is -2.57. The lowest BCUT2D eigenvalue weighted by atomic mass is 10.2. The van der Waals surface area contributed by atoms with Gasteiger partial charge in [0, 0.05) is 38.3 Å². The van der Waals surface area contributed by atoms with E-state index in [-0.39, 0.29) is 13.1 Å². The fraction of sp³-hybridized carbons (Fsp3) is 0.412. The van der Waals surface area contributed by atoms with Crippen LogP contribution in [0.15, 0.2) is 34.5 Å². The summed E-state index contributed by atoms with van der Waals surface area (Å²) < 4.78 is 18.7. The molecule has 0 aliphatic carbocycles. The molecule has 24 heavy (non-hydrogen) atoms. The van der Waals surface area contributed by atoms with Gasteiger partial charge >= 0.3 is 6.09 Å². The van der Waals surface area contributed by atoms with E-state index in [0.29, 0.717) is 17.5 Å². The largest absolute Gasteiger partial charge is 0.465 e. The first-order valence-electron chi connectivity index (χ1n) is 7.89. The molecule has 0 aliphatic heterocycles. The molecule has 1 aromatic carbocycles. The van der Waals surface area contributed by atoms with Crippen molar-refractivity contribution < 1.29 is 18.7 Å². The summed E-state index contributed by atoms with van der Waals surface area (Å²) in [6, 6.07) is 5.61. The van der Waals surface area contributed by atoms with Crippen LogP contribution >= 0.6 is 0 Å². The number of rotatable bonds is 8. The maximum absolute atomic E-state index is 12.9. The summed E-state index contributed by atoms with van der Waals surface area (Å²) in [5.41, 5.74) is 2.67. The number of anilines is 1. The van der Waals surface area contributed by atoms with E-state index in [1.807, 2.05) is 23.1 Å². The molecule has 130 valence electrons. The standard InChI is InChI=1S/C17H22FN3O3/c1-3-4-5-16-20-14-7-6-13(8-15(14)24-16)21(2)11-12(9-18)10-19-17(22)23/h6-9,19H,3-5,10-11H2,1-2H3,(H,22,23). The molecule has 1 aromatic heterocycles. The van der Waals surface area contributed by atoms with Crippen LogP contribution in [0.25, 0.3) is 11.1 Å². The Balaban J connectivity index is 2.08. The average Bonchev–Trinajstić information content (AvgIpc) is 2.98. The number of benzene rings is 1. The van der Waals surface area contributed by atoms with E-state index in [4.69, 9.17) is 9.52 Å². The number of aryl methyl sites for hydroxylation is 1. The number of carbonyl (C=O) groups is 1. The minimum atomic E-state index is -1.18. The van der Waals surface area contributed by atoms with E-state index < -0.39 is 6.09 Å². The summed E-state index contributed by atoms with van der Waals surface area (Å²) in [7, 11) is 1.81. The summed E-state index contributed by atoms with van der Waals surface area (Å²) in [6.45, 7) is 2.33. The lowest BCUT2D eigenvalue weighted by Gasteiger charge is -2.20. The minimum absolute atomic E-state index is 0.0537. The third-order valence-corrected chi connectivity index (χ3v) is 3.66.